The van der Waals surface area contributed by atoms with Crippen LogP contribution >= 0.6 is 0 Å². The lowest BCUT2D eigenvalue weighted by atomic mass is 10.0. The van der Waals surface area contributed by atoms with Crippen LogP contribution in [0.5, 0.6) is 0 Å². The van der Waals surface area contributed by atoms with E-state index in [9.17, 15) is 9.18 Å². The molecule has 3 nitrogen and oxygen atoms in total. The lowest BCUT2D eigenvalue weighted by Gasteiger charge is -2.31. The number of benzene rings is 1. The van der Waals surface area contributed by atoms with E-state index in [1.807, 2.05) is 20.8 Å². The van der Waals surface area contributed by atoms with Crippen LogP contribution in [0, 0.1) is 11.7 Å². The van der Waals surface area contributed by atoms with Crippen molar-refractivity contribution >= 4 is 5.91 Å². The Morgan fingerprint density at radius 3 is 2.32 bits per heavy atom. The summed E-state index contributed by atoms with van der Waals surface area (Å²) in [5.74, 6) is -0.328. The highest BCUT2D eigenvalue weighted by molar-refractivity contribution is 5.79. The molecule has 0 radical (unpaired) electrons. The van der Waals surface area contributed by atoms with E-state index in [1.54, 1.807) is 17.0 Å². The van der Waals surface area contributed by atoms with Crippen molar-refractivity contribution in [1.82, 2.24) is 4.90 Å². The van der Waals surface area contributed by atoms with Gasteiger partial charge in [-0.1, -0.05) is 19.1 Å². The summed E-state index contributed by atoms with van der Waals surface area (Å²) in [4.78, 5) is 14.2. The lowest BCUT2D eigenvalue weighted by molar-refractivity contribution is -0.137. The van der Waals surface area contributed by atoms with E-state index in [-0.39, 0.29) is 23.7 Å². The van der Waals surface area contributed by atoms with E-state index < -0.39 is 0 Å². The first kappa shape index (κ1) is 15.6. The third-order valence-electron chi connectivity index (χ3n) is 3.57. The number of nitrogens with zero attached hydrogens (tertiary/aromatic N) is 1. The summed E-state index contributed by atoms with van der Waals surface area (Å²) in [6, 6.07) is 6.21. The highest BCUT2D eigenvalue weighted by atomic mass is 19.1. The second kappa shape index (κ2) is 7.24. The van der Waals surface area contributed by atoms with Crippen molar-refractivity contribution in [1.29, 1.82) is 0 Å². The van der Waals surface area contributed by atoms with Crippen molar-refractivity contribution < 1.29 is 9.18 Å². The van der Waals surface area contributed by atoms with Gasteiger partial charge in [0.15, 0.2) is 0 Å². The van der Waals surface area contributed by atoms with Crippen LogP contribution in [-0.4, -0.2) is 23.9 Å². The zero-order valence-corrected chi connectivity index (χ0v) is 11.9. The van der Waals surface area contributed by atoms with Gasteiger partial charge in [0.05, 0.1) is 12.0 Å². The second-order valence-corrected chi connectivity index (χ2v) is 4.69. The van der Waals surface area contributed by atoms with Gasteiger partial charge in [0, 0.05) is 13.1 Å². The zero-order valence-electron chi connectivity index (χ0n) is 11.9. The van der Waals surface area contributed by atoms with Gasteiger partial charge < -0.3 is 10.6 Å². The van der Waals surface area contributed by atoms with E-state index in [4.69, 9.17) is 5.73 Å². The Kier molecular flexibility index (Phi) is 5.96. The summed E-state index contributed by atoms with van der Waals surface area (Å²) >= 11 is 0. The summed E-state index contributed by atoms with van der Waals surface area (Å²) in [5.41, 5.74) is 6.57. The molecule has 1 aromatic carbocycles. The van der Waals surface area contributed by atoms with E-state index in [2.05, 4.69) is 0 Å². The van der Waals surface area contributed by atoms with E-state index in [0.717, 1.165) is 12.0 Å². The van der Waals surface area contributed by atoms with Gasteiger partial charge in [-0.15, -0.1) is 0 Å². The van der Waals surface area contributed by atoms with Crippen molar-refractivity contribution in [2.24, 2.45) is 11.7 Å². The minimum absolute atomic E-state index is 0.0706. The molecule has 0 fully saturated rings. The Bertz CT molecular complexity index is 401. The SMILES string of the molecule is CCC(CN)C(=O)N(CC)C(C)c1ccc(F)cc1. The van der Waals surface area contributed by atoms with E-state index in [1.165, 1.54) is 12.1 Å². The maximum Gasteiger partial charge on any atom is 0.227 e. The van der Waals surface area contributed by atoms with Crippen molar-refractivity contribution in [2.45, 2.75) is 33.2 Å². The number of carbonyl (C=O) groups is 1. The molecule has 4 heteroatoms. The van der Waals surface area contributed by atoms with Gasteiger partial charge >= 0.3 is 0 Å². The maximum atomic E-state index is 12.9. The maximum absolute atomic E-state index is 12.9. The number of hydrogen-bond acceptors (Lipinski definition) is 2. The first-order valence-electron chi connectivity index (χ1n) is 6.81. The summed E-state index contributed by atoms with van der Waals surface area (Å²) in [6.45, 7) is 6.85. The molecule has 19 heavy (non-hydrogen) atoms. The number of halogens is 1. The molecule has 0 aliphatic rings. The molecule has 0 saturated heterocycles. The van der Waals surface area contributed by atoms with Gasteiger partial charge in [-0.25, -0.2) is 4.39 Å². The molecule has 2 atom stereocenters. The molecule has 1 aromatic rings. The molecule has 0 heterocycles. The topological polar surface area (TPSA) is 46.3 Å². The van der Waals surface area contributed by atoms with Gasteiger partial charge in [0.25, 0.3) is 0 Å². The molecule has 0 bridgehead atoms. The summed E-state index contributed by atoms with van der Waals surface area (Å²) < 4.78 is 12.9. The Morgan fingerprint density at radius 1 is 1.32 bits per heavy atom. The quantitative estimate of drug-likeness (QED) is 0.860. The molecule has 1 amide bonds. The monoisotopic (exact) mass is 266 g/mol. The van der Waals surface area contributed by atoms with Gasteiger partial charge in [0.2, 0.25) is 5.91 Å². The highest BCUT2D eigenvalue weighted by Crippen LogP contribution is 2.22. The number of rotatable bonds is 6. The van der Waals surface area contributed by atoms with Crippen LogP contribution in [0.3, 0.4) is 0 Å². The molecule has 1 rings (SSSR count). The normalized spacial score (nSPS) is 13.9. The second-order valence-electron chi connectivity index (χ2n) is 4.69. The Balaban J connectivity index is 2.90. The average Bonchev–Trinajstić information content (AvgIpc) is 2.41. The Hall–Kier alpha value is -1.42. The molecule has 2 N–H and O–H groups in total. The van der Waals surface area contributed by atoms with E-state index >= 15 is 0 Å². The van der Waals surface area contributed by atoms with Crippen molar-refractivity contribution in [3.05, 3.63) is 35.6 Å². The summed E-state index contributed by atoms with van der Waals surface area (Å²) in [7, 11) is 0. The van der Waals surface area contributed by atoms with Gasteiger partial charge in [0.1, 0.15) is 5.82 Å². The fourth-order valence-electron chi connectivity index (χ4n) is 2.22. The molecule has 2 unspecified atom stereocenters. The molecular weight excluding hydrogens is 243 g/mol. The van der Waals surface area contributed by atoms with Crippen LogP contribution in [0.25, 0.3) is 0 Å². The molecular formula is C15H23FN2O. The van der Waals surface area contributed by atoms with Gasteiger partial charge in [-0.2, -0.15) is 0 Å². The predicted octanol–water partition coefficient (Wildman–Crippen LogP) is 2.72. The smallest absolute Gasteiger partial charge is 0.227 e. The van der Waals surface area contributed by atoms with Crippen LogP contribution in [0.2, 0.25) is 0 Å². The van der Waals surface area contributed by atoms with Crippen molar-refractivity contribution in [3.63, 3.8) is 0 Å². The van der Waals surface area contributed by atoms with Crippen LogP contribution in [0.1, 0.15) is 38.8 Å². The molecule has 0 aliphatic carbocycles. The lowest BCUT2D eigenvalue weighted by Crippen LogP contribution is -2.40. The molecule has 0 aromatic heterocycles. The highest BCUT2D eigenvalue weighted by Gasteiger charge is 2.25. The van der Waals surface area contributed by atoms with Crippen LogP contribution in [-0.2, 0) is 4.79 Å². The van der Waals surface area contributed by atoms with Gasteiger partial charge in [-0.05, 0) is 38.0 Å². The third kappa shape index (κ3) is 3.77. The number of carbonyl (C=O) groups excluding carboxylic acids is 1. The van der Waals surface area contributed by atoms with Crippen LogP contribution in [0.15, 0.2) is 24.3 Å². The van der Waals surface area contributed by atoms with Crippen molar-refractivity contribution in [2.75, 3.05) is 13.1 Å². The number of amides is 1. The molecule has 0 spiro atoms. The molecule has 0 aliphatic heterocycles. The van der Waals surface area contributed by atoms with Crippen molar-refractivity contribution in [3.8, 4) is 0 Å². The zero-order chi connectivity index (χ0) is 14.4. The van der Waals surface area contributed by atoms with Crippen LogP contribution in [0.4, 0.5) is 4.39 Å². The fraction of sp³-hybridized carbons (Fsp3) is 0.533. The summed E-state index contributed by atoms with van der Waals surface area (Å²) in [6.07, 6.45) is 0.738. The fourth-order valence-corrected chi connectivity index (χ4v) is 2.22. The standard InChI is InChI=1S/C15H23FN2O/c1-4-12(10-17)15(19)18(5-2)11(3)13-6-8-14(16)9-7-13/h6-9,11-12H,4-5,10,17H2,1-3H3. The number of nitrogens with two attached hydrogens (primary N) is 1. The average molecular weight is 266 g/mol. The van der Waals surface area contributed by atoms with Gasteiger partial charge in [-0.3, -0.25) is 4.79 Å². The predicted molar refractivity (Wildman–Crippen MR) is 75.0 cm³/mol. The van der Waals surface area contributed by atoms with E-state index in [0.29, 0.717) is 13.1 Å². The Labute approximate surface area is 114 Å². The summed E-state index contributed by atoms with van der Waals surface area (Å²) in [5, 5.41) is 0. The first-order valence-corrected chi connectivity index (χ1v) is 6.81. The largest absolute Gasteiger partial charge is 0.336 e. The number of hydrogen-bond donors (Lipinski definition) is 1. The molecule has 0 saturated carbocycles. The van der Waals surface area contributed by atoms with Crippen LogP contribution < -0.4 is 5.73 Å². The minimum atomic E-state index is -0.265. The first-order chi connectivity index (χ1) is 9.04. The minimum Gasteiger partial charge on any atom is -0.336 e. The third-order valence-corrected chi connectivity index (χ3v) is 3.57. The molecule has 106 valence electrons. The Morgan fingerprint density at radius 2 is 1.89 bits per heavy atom.